The van der Waals surface area contributed by atoms with Crippen molar-refractivity contribution in [3.05, 3.63) is 46.7 Å². The van der Waals surface area contributed by atoms with Crippen LogP contribution in [0, 0.1) is 0 Å². The minimum Gasteiger partial charge on any atom is -0.307 e. The maximum atomic E-state index is 5.96. The van der Waals surface area contributed by atoms with Gasteiger partial charge < -0.3 is 5.32 Å². The average Bonchev–Trinajstić information content (AvgIpc) is 2.77. The summed E-state index contributed by atoms with van der Waals surface area (Å²) in [6.07, 6.45) is 1.91. The van der Waals surface area contributed by atoms with Crippen molar-refractivity contribution in [3.63, 3.8) is 0 Å². The number of aromatic nitrogens is 2. The van der Waals surface area contributed by atoms with Gasteiger partial charge in [-0.05, 0) is 18.2 Å². The molecule has 1 N–H and O–H groups in total. The van der Waals surface area contributed by atoms with E-state index in [1.807, 2.05) is 35.1 Å². The van der Waals surface area contributed by atoms with Crippen LogP contribution in [0.3, 0.4) is 0 Å². The Labute approximate surface area is 92.7 Å². The fourth-order valence-electron chi connectivity index (χ4n) is 1.89. The quantitative estimate of drug-likeness (QED) is 0.797. The van der Waals surface area contributed by atoms with E-state index in [0.29, 0.717) is 0 Å². The van der Waals surface area contributed by atoms with Crippen LogP contribution >= 0.6 is 11.6 Å². The zero-order valence-electron chi connectivity index (χ0n) is 8.07. The summed E-state index contributed by atoms with van der Waals surface area (Å²) >= 11 is 5.96. The Balaban J connectivity index is 2.13. The summed E-state index contributed by atoms with van der Waals surface area (Å²) in [4.78, 5) is 0. The van der Waals surface area contributed by atoms with Gasteiger partial charge in [0, 0.05) is 23.7 Å². The highest BCUT2D eigenvalue weighted by molar-refractivity contribution is 6.30. The summed E-state index contributed by atoms with van der Waals surface area (Å²) in [5.41, 5.74) is 3.53. The fraction of sp³-hybridized carbons (Fsp3) is 0.182. The Morgan fingerprint density at radius 1 is 1.33 bits per heavy atom. The molecule has 2 aromatic rings. The topological polar surface area (TPSA) is 29.9 Å². The molecule has 0 unspecified atom stereocenters. The van der Waals surface area contributed by atoms with E-state index in [4.69, 9.17) is 11.6 Å². The molecule has 3 nitrogen and oxygen atoms in total. The second kappa shape index (κ2) is 3.36. The lowest BCUT2D eigenvalue weighted by atomic mass is 10.3. The number of fused-ring (bicyclic) bond motifs is 1. The van der Waals surface area contributed by atoms with Gasteiger partial charge in [0.1, 0.15) is 0 Å². The van der Waals surface area contributed by atoms with Gasteiger partial charge in [0.05, 0.1) is 17.6 Å². The molecule has 1 aliphatic rings. The molecule has 0 radical (unpaired) electrons. The number of nitrogens with zero attached hydrogens (tertiary/aromatic N) is 2. The van der Waals surface area contributed by atoms with E-state index in [2.05, 4.69) is 10.4 Å². The van der Waals surface area contributed by atoms with Crippen molar-refractivity contribution >= 4 is 11.6 Å². The molecule has 0 fully saturated rings. The molecule has 0 saturated heterocycles. The van der Waals surface area contributed by atoms with E-state index >= 15 is 0 Å². The Kier molecular flexibility index (Phi) is 2.01. The molecule has 0 spiro atoms. The number of nitrogens with one attached hydrogen (secondary N) is 1. The highest BCUT2D eigenvalue weighted by atomic mass is 35.5. The van der Waals surface area contributed by atoms with Crippen molar-refractivity contribution in [2.75, 3.05) is 0 Å². The SMILES string of the molecule is Clc1cccc(-n2ncc3c2CNC3)c1. The summed E-state index contributed by atoms with van der Waals surface area (Å²) in [7, 11) is 0. The lowest BCUT2D eigenvalue weighted by molar-refractivity contribution is 0.711. The van der Waals surface area contributed by atoms with Crippen molar-refractivity contribution in [1.82, 2.24) is 15.1 Å². The monoisotopic (exact) mass is 219 g/mol. The van der Waals surface area contributed by atoms with Gasteiger partial charge in [0.25, 0.3) is 0 Å². The van der Waals surface area contributed by atoms with Crippen LogP contribution in [0.25, 0.3) is 5.69 Å². The minimum absolute atomic E-state index is 0.739. The van der Waals surface area contributed by atoms with Gasteiger partial charge in [-0.1, -0.05) is 17.7 Å². The third kappa shape index (κ3) is 1.44. The third-order valence-electron chi connectivity index (χ3n) is 2.62. The zero-order valence-corrected chi connectivity index (χ0v) is 8.83. The van der Waals surface area contributed by atoms with Crippen LogP contribution in [-0.2, 0) is 13.1 Å². The first-order chi connectivity index (χ1) is 7.34. The Morgan fingerprint density at radius 2 is 2.27 bits per heavy atom. The third-order valence-corrected chi connectivity index (χ3v) is 2.85. The summed E-state index contributed by atoms with van der Waals surface area (Å²) in [5.74, 6) is 0. The van der Waals surface area contributed by atoms with E-state index in [9.17, 15) is 0 Å². The number of hydrogen-bond acceptors (Lipinski definition) is 2. The van der Waals surface area contributed by atoms with Crippen LogP contribution in [0.15, 0.2) is 30.5 Å². The molecule has 4 heteroatoms. The van der Waals surface area contributed by atoms with Crippen LogP contribution in [-0.4, -0.2) is 9.78 Å². The van der Waals surface area contributed by atoms with Crippen molar-refractivity contribution < 1.29 is 0 Å². The van der Waals surface area contributed by atoms with Crippen LogP contribution < -0.4 is 5.32 Å². The number of hydrogen-bond donors (Lipinski definition) is 1. The highest BCUT2D eigenvalue weighted by Crippen LogP contribution is 2.20. The molecule has 0 saturated carbocycles. The van der Waals surface area contributed by atoms with Gasteiger partial charge >= 0.3 is 0 Å². The predicted octanol–water partition coefficient (Wildman–Crippen LogP) is 2.13. The van der Waals surface area contributed by atoms with Crippen LogP contribution in [0.1, 0.15) is 11.3 Å². The Bertz CT molecular complexity index is 504. The predicted molar refractivity (Wildman–Crippen MR) is 59.1 cm³/mol. The van der Waals surface area contributed by atoms with Crippen molar-refractivity contribution in [1.29, 1.82) is 0 Å². The minimum atomic E-state index is 0.739. The van der Waals surface area contributed by atoms with E-state index in [0.717, 1.165) is 23.8 Å². The van der Waals surface area contributed by atoms with Gasteiger partial charge in [-0.25, -0.2) is 4.68 Å². The van der Waals surface area contributed by atoms with Crippen molar-refractivity contribution in [2.45, 2.75) is 13.1 Å². The van der Waals surface area contributed by atoms with Crippen molar-refractivity contribution in [2.24, 2.45) is 0 Å². The molecule has 0 aliphatic carbocycles. The fourth-order valence-corrected chi connectivity index (χ4v) is 2.07. The molecule has 1 aromatic heterocycles. The van der Waals surface area contributed by atoms with Crippen LogP contribution in [0.5, 0.6) is 0 Å². The molecular weight excluding hydrogens is 210 g/mol. The molecule has 1 aliphatic heterocycles. The van der Waals surface area contributed by atoms with E-state index in [1.54, 1.807) is 0 Å². The molecule has 3 rings (SSSR count). The molecule has 0 bridgehead atoms. The average molecular weight is 220 g/mol. The number of rotatable bonds is 1. The van der Waals surface area contributed by atoms with E-state index in [1.165, 1.54) is 11.3 Å². The van der Waals surface area contributed by atoms with Crippen LogP contribution in [0.2, 0.25) is 5.02 Å². The van der Waals surface area contributed by atoms with Gasteiger partial charge in [0.15, 0.2) is 0 Å². The molecule has 15 heavy (non-hydrogen) atoms. The lowest BCUT2D eigenvalue weighted by Crippen LogP contribution is -2.07. The van der Waals surface area contributed by atoms with Gasteiger partial charge in [-0.3, -0.25) is 0 Å². The van der Waals surface area contributed by atoms with Crippen LogP contribution in [0.4, 0.5) is 0 Å². The van der Waals surface area contributed by atoms with Gasteiger partial charge in [-0.15, -0.1) is 0 Å². The second-order valence-corrected chi connectivity index (χ2v) is 4.05. The molecular formula is C11H10ClN3. The van der Waals surface area contributed by atoms with E-state index < -0.39 is 0 Å². The molecule has 1 aromatic carbocycles. The molecule has 0 atom stereocenters. The highest BCUT2D eigenvalue weighted by Gasteiger charge is 2.16. The molecule has 0 amide bonds. The number of halogens is 1. The van der Waals surface area contributed by atoms with E-state index in [-0.39, 0.29) is 0 Å². The lowest BCUT2D eigenvalue weighted by Gasteiger charge is -2.05. The number of benzene rings is 1. The standard InChI is InChI=1S/C11H10ClN3/c12-9-2-1-3-10(4-9)15-11-7-13-5-8(11)6-14-15/h1-4,6,13H,5,7H2. The molecule has 76 valence electrons. The van der Waals surface area contributed by atoms with Gasteiger partial charge in [-0.2, -0.15) is 5.10 Å². The zero-order chi connectivity index (χ0) is 10.3. The Hall–Kier alpha value is -1.32. The first kappa shape index (κ1) is 8.95. The summed E-state index contributed by atoms with van der Waals surface area (Å²) in [6, 6.07) is 7.74. The first-order valence-corrected chi connectivity index (χ1v) is 5.25. The smallest absolute Gasteiger partial charge is 0.0664 e. The summed E-state index contributed by atoms with van der Waals surface area (Å²) in [5, 5.41) is 8.40. The van der Waals surface area contributed by atoms with Crippen molar-refractivity contribution in [3.8, 4) is 5.69 Å². The summed E-state index contributed by atoms with van der Waals surface area (Å²) in [6.45, 7) is 1.79. The second-order valence-electron chi connectivity index (χ2n) is 3.61. The summed E-state index contributed by atoms with van der Waals surface area (Å²) < 4.78 is 1.95. The first-order valence-electron chi connectivity index (χ1n) is 4.87. The maximum Gasteiger partial charge on any atom is 0.0664 e. The normalized spacial score (nSPS) is 14.2. The van der Waals surface area contributed by atoms with Gasteiger partial charge in [0.2, 0.25) is 0 Å². The maximum absolute atomic E-state index is 5.96. The Morgan fingerprint density at radius 3 is 3.13 bits per heavy atom. The molecule has 2 heterocycles. The largest absolute Gasteiger partial charge is 0.307 e.